The summed E-state index contributed by atoms with van der Waals surface area (Å²) in [5, 5.41) is 7.56. The van der Waals surface area contributed by atoms with Gasteiger partial charge in [0, 0.05) is 17.2 Å². The quantitative estimate of drug-likeness (QED) is 0.420. The van der Waals surface area contributed by atoms with E-state index in [1.165, 1.54) is 12.1 Å². The van der Waals surface area contributed by atoms with Crippen molar-refractivity contribution in [3.05, 3.63) is 77.6 Å². The summed E-state index contributed by atoms with van der Waals surface area (Å²) < 4.78 is 43.3. The van der Waals surface area contributed by atoms with E-state index in [0.717, 1.165) is 17.7 Å². The Morgan fingerprint density at radius 3 is 2.58 bits per heavy atom. The minimum absolute atomic E-state index is 0.0561. The number of nitrogens with two attached hydrogens (primary N) is 1. The number of alkyl halides is 3. The summed E-state index contributed by atoms with van der Waals surface area (Å²) in [6.07, 6.45) is -4.45. The molecule has 2 N–H and O–H groups in total. The topological polar surface area (TPSA) is 73.6 Å². The van der Waals surface area contributed by atoms with Gasteiger partial charge in [0.15, 0.2) is 18.2 Å². The van der Waals surface area contributed by atoms with E-state index in [0.29, 0.717) is 11.5 Å². The van der Waals surface area contributed by atoms with Crippen LogP contribution >= 0.6 is 0 Å². The van der Waals surface area contributed by atoms with Gasteiger partial charge in [-0.3, -0.25) is 0 Å². The summed E-state index contributed by atoms with van der Waals surface area (Å²) in [5.41, 5.74) is 6.50. The first-order valence-electron chi connectivity index (χ1n) is 7.57. The van der Waals surface area contributed by atoms with Gasteiger partial charge in [0.2, 0.25) is 0 Å². The van der Waals surface area contributed by atoms with Crippen molar-refractivity contribution in [2.45, 2.75) is 12.8 Å². The third-order valence-corrected chi connectivity index (χ3v) is 3.48. The van der Waals surface area contributed by atoms with E-state index in [4.69, 9.17) is 15.1 Å². The van der Waals surface area contributed by atoms with E-state index in [9.17, 15) is 13.2 Å². The minimum Gasteiger partial charge on any atom is -0.386 e. The van der Waals surface area contributed by atoms with Gasteiger partial charge in [-0.1, -0.05) is 52.8 Å². The first-order chi connectivity index (χ1) is 12.4. The van der Waals surface area contributed by atoms with Crippen LogP contribution in [-0.2, 0) is 17.6 Å². The molecule has 0 saturated heterocycles. The highest BCUT2D eigenvalue weighted by Gasteiger charge is 2.30. The molecule has 2 aromatic carbocycles. The molecule has 1 heterocycles. The number of benzene rings is 2. The molecule has 5 nitrogen and oxygen atoms in total. The van der Waals surface area contributed by atoms with Gasteiger partial charge in [0.1, 0.15) is 5.69 Å². The van der Waals surface area contributed by atoms with Gasteiger partial charge in [0.25, 0.3) is 0 Å². The highest BCUT2D eigenvalue weighted by atomic mass is 19.4. The summed E-state index contributed by atoms with van der Waals surface area (Å²) in [5.74, 6) is 0.239. The monoisotopic (exact) mass is 361 g/mol. The minimum atomic E-state index is -4.45. The van der Waals surface area contributed by atoms with Gasteiger partial charge in [-0.15, -0.1) is 0 Å². The van der Waals surface area contributed by atoms with E-state index >= 15 is 0 Å². The zero-order chi connectivity index (χ0) is 18.6. The Morgan fingerprint density at radius 2 is 1.85 bits per heavy atom. The van der Waals surface area contributed by atoms with Crippen LogP contribution < -0.4 is 5.73 Å². The van der Waals surface area contributed by atoms with Crippen molar-refractivity contribution in [3.8, 4) is 11.3 Å². The summed E-state index contributed by atoms with van der Waals surface area (Å²) >= 11 is 0. The maximum atomic E-state index is 12.7. The molecule has 8 heteroatoms. The molecule has 0 unspecified atom stereocenters. The maximum absolute atomic E-state index is 12.7. The van der Waals surface area contributed by atoms with Crippen LogP contribution in [0.5, 0.6) is 0 Å². The molecule has 134 valence electrons. The molecule has 0 bridgehead atoms. The van der Waals surface area contributed by atoms with Gasteiger partial charge in [0.05, 0.1) is 5.56 Å². The summed E-state index contributed by atoms with van der Waals surface area (Å²) in [4.78, 5) is 5.06. The van der Waals surface area contributed by atoms with Crippen LogP contribution in [0.25, 0.3) is 11.3 Å². The van der Waals surface area contributed by atoms with Crippen LogP contribution in [0.2, 0.25) is 0 Å². The number of aromatic nitrogens is 1. The van der Waals surface area contributed by atoms with Crippen molar-refractivity contribution in [2.24, 2.45) is 10.9 Å². The number of amidine groups is 1. The molecule has 0 saturated carbocycles. The fraction of sp³-hybridized carbons (Fsp3) is 0.111. The van der Waals surface area contributed by atoms with Crippen molar-refractivity contribution in [1.82, 2.24) is 5.16 Å². The highest BCUT2D eigenvalue weighted by Crippen LogP contribution is 2.29. The van der Waals surface area contributed by atoms with Crippen molar-refractivity contribution in [2.75, 3.05) is 0 Å². The predicted molar refractivity (Wildman–Crippen MR) is 88.9 cm³/mol. The second kappa shape index (κ2) is 7.30. The van der Waals surface area contributed by atoms with Crippen LogP contribution in [0.4, 0.5) is 13.2 Å². The molecular weight excluding hydrogens is 347 g/mol. The fourth-order valence-electron chi connectivity index (χ4n) is 2.20. The number of hydrogen-bond donors (Lipinski definition) is 1. The third kappa shape index (κ3) is 4.21. The number of halogens is 3. The largest absolute Gasteiger partial charge is 0.416 e. The lowest BCUT2D eigenvalue weighted by atomic mass is 10.1. The Balaban J connectivity index is 1.65. The Morgan fingerprint density at radius 1 is 1.08 bits per heavy atom. The Bertz CT molecular complexity index is 905. The molecule has 3 aromatic rings. The summed E-state index contributed by atoms with van der Waals surface area (Å²) in [7, 11) is 0. The Kier molecular flexibility index (Phi) is 4.92. The van der Waals surface area contributed by atoms with Crippen molar-refractivity contribution in [1.29, 1.82) is 0 Å². The lowest BCUT2D eigenvalue weighted by molar-refractivity contribution is -0.137. The molecule has 0 aliphatic heterocycles. The molecule has 0 atom stereocenters. The average Bonchev–Trinajstić information content (AvgIpc) is 3.11. The first kappa shape index (κ1) is 17.5. The van der Waals surface area contributed by atoms with Crippen LogP contribution in [-0.4, -0.2) is 11.0 Å². The van der Waals surface area contributed by atoms with Crippen molar-refractivity contribution in [3.63, 3.8) is 0 Å². The predicted octanol–water partition coefficient (Wildman–Crippen LogP) is 4.20. The van der Waals surface area contributed by atoms with Crippen LogP contribution in [0, 0.1) is 0 Å². The maximum Gasteiger partial charge on any atom is 0.416 e. The molecule has 0 amide bonds. The van der Waals surface area contributed by atoms with Gasteiger partial charge < -0.3 is 15.1 Å². The van der Waals surface area contributed by atoms with Gasteiger partial charge in [-0.2, -0.15) is 13.2 Å². The van der Waals surface area contributed by atoms with Crippen LogP contribution in [0.3, 0.4) is 0 Å². The number of rotatable bonds is 5. The standard InChI is InChI=1S/C18H14F3N3O2/c19-18(20,21)14-8-4-7-13(9-14)17(22)24-25-11-15-10-16(23-26-15)12-5-2-1-3-6-12/h1-10H,11H2,(H2,22,24). The molecule has 26 heavy (non-hydrogen) atoms. The van der Waals surface area contributed by atoms with Gasteiger partial charge in [-0.05, 0) is 12.1 Å². The zero-order valence-electron chi connectivity index (χ0n) is 13.4. The van der Waals surface area contributed by atoms with Crippen LogP contribution in [0.1, 0.15) is 16.9 Å². The Hall–Kier alpha value is -3.29. The molecule has 3 rings (SSSR count). The highest BCUT2D eigenvalue weighted by molar-refractivity contribution is 5.97. The number of oxime groups is 1. The Labute approximate surface area is 146 Å². The fourth-order valence-corrected chi connectivity index (χ4v) is 2.20. The molecule has 0 fully saturated rings. The molecular formula is C18H14F3N3O2. The van der Waals surface area contributed by atoms with Gasteiger partial charge >= 0.3 is 6.18 Å². The summed E-state index contributed by atoms with van der Waals surface area (Å²) in [6, 6.07) is 15.6. The molecule has 1 aromatic heterocycles. The lowest BCUT2D eigenvalue weighted by Gasteiger charge is -2.08. The molecule has 0 aliphatic carbocycles. The second-order valence-corrected chi connectivity index (χ2v) is 5.37. The summed E-state index contributed by atoms with van der Waals surface area (Å²) in [6.45, 7) is -0.0561. The normalized spacial score (nSPS) is 12.2. The second-order valence-electron chi connectivity index (χ2n) is 5.37. The van der Waals surface area contributed by atoms with E-state index in [1.54, 1.807) is 6.07 Å². The van der Waals surface area contributed by atoms with E-state index in [2.05, 4.69) is 10.3 Å². The molecule has 0 aliphatic rings. The number of nitrogens with zero attached hydrogens (tertiary/aromatic N) is 2. The van der Waals surface area contributed by atoms with E-state index in [-0.39, 0.29) is 18.0 Å². The average molecular weight is 361 g/mol. The smallest absolute Gasteiger partial charge is 0.386 e. The first-order valence-corrected chi connectivity index (χ1v) is 7.57. The van der Waals surface area contributed by atoms with Crippen molar-refractivity contribution >= 4 is 5.84 Å². The number of hydrogen-bond acceptors (Lipinski definition) is 4. The molecule has 0 spiro atoms. The lowest BCUT2D eigenvalue weighted by Crippen LogP contribution is -2.15. The van der Waals surface area contributed by atoms with E-state index in [1.807, 2.05) is 30.3 Å². The van der Waals surface area contributed by atoms with Crippen molar-refractivity contribution < 1.29 is 22.5 Å². The SMILES string of the molecule is NC(=NOCc1cc(-c2ccccc2)no1)c1cccc(C(F)(F)F)c1. The molecule has 0 radical (unpaired) electrons. The third-order valence-electron chi connectivity index (χ3n) is 3.48. The van der Waals surface area contributed by atoms with Crippen LogP contribution in [0.15, 0.2) is 70.3 Å². The van der Waals surface area contributed by atoms with Gasteiger partial charge in [-0.25, -0.2) is 0 Å². The van der Waals surface area contributed by atoms with E-state index < -0.39 is 11.7 Å². The zero-order valence-corrected chi connectivity index (χ0v) is 13.4.